The van der Waals surface area contributed by atoms with Crippen LogP contribution in [0.1, 0.15) is 0 Å². The molecule has 0 N–H and O–H groups in total. The summed E-state index contributed by atoms with van der Waals surface area (Å²) in [5.41, 5.74) is 0. The predicted octanol–water partition coefficient (Wildman–Crippen LogP) is 0.894. The molecule has 0 saturated carbocycles. The van der Waals surface area contributed by atoms with Gasteiger partial charge in [-0.1, -0.05) is 18.2 Å². The van der Waals surface area contributed by atoms with E-state index in [9.17, 15) is 0 Å². The Hall–Kier alpha value is -1.35. The Balaban J connectivity index is 2.79. The van der Waals surface area contributed by atoms with Crippen molar-refractivity contribution in [1.29, 1.82) is 0 Å². The predicted molar refractivity (Wildman–Crippen MR) is 52.3 cm³/mol. The van der Waals surface area contributed by atoms with Gasteiger partial charge < -0.3 is 4.43 Å². The molecule has 0 aliphatic rings. The zero-order valence-corrected chi connectivity index (χ0v) is 8.82. The minimum absolute atomic E-state index is 0.684. The van der Waals surface area contributed by atoms with Crippen LogP contribution in [0.2, 0.25) is 0 Å². The van der Waals surface area contributed by atoms with Crippen molar-refractivity contribution in [2.24, 2.45) is 0 Å². The van der Waals surface area contributed by atoms with Crippen LogP contribution in [-0.2, 0) is 0 Å². The second-order valence-electron chi connectivity index (χ2n) is 2.54. The van der Waals surface area contributed by atoms with E-state index in [1.807, 2.05) is 24.3 Å². The van der Waals surface area contributed by atoms with Crippen LogP contribution in [0.5, 0.6) is 5.88 Å². The fourth-order valence-electron chi connectivity index (χ4n) is 1.25. The van der Waals surface area contributed by atoms with E-state index in [1.165, 1.54) is 5.39 Å². The highest BCUT2D eigenvalue weighted by molar-refractivity contribution is 6.01. The third-order valence-corrected chi connectivity index (χ3v) is 2.22. The minimum Gasteiger partial charge on any atom is -0.540 e. The first kappa shape index (κ1) is 7.30. The zero-order chi connectivity index (χ0) is 8.39. The molecule has 0 atom stereocenters. The highest BCUT2D eigenvalue weighted by Crippen LogP contribution is 2.21. The standard InChI is InChI=1S/C9H9NOSi/c12-11-9-8-4-2-1-3-7(8)5-6-10-9/h1-6H,12H3. The summed E-state index contributed by atoms with van der Waals surface area (Å²) >= 11 is 0. The number of fused-ring (bicyclic) bond motifs is 1. The molecular formula is C9H9NOSi. The molecule has 3 heteroatoms. The van der Waals surface area contributed by atoms with Crippen molar-refractivity contribution in [2.75, 3.05) is 0 Å². The van der Waals surface area contributed by atoms with Gasteiger partial charge in [0.1, 0.15) is 0 Å². The molecule has 0 fully saturated rings. The third kappa shape index (κ3) is 1.08. The number of hydrogen-bond donors (Lipinski definition) is 0. The molecule has 2 aromatic rings. The van der Waals surface area contributed by atoms with Crippen molar-refractivity contribution < 1.29 is 4.43 Å². The second kappa shape index (κ2) is 2.95. The first-order chi connectivity index (χ1) is 5.92. The molecule has 60 valence electrons. The van der Waals surface area contributed by atoms with Crippen LogP contribution < -0.4 is 4.43 Å². The van der Waals surface area contributed by atoms with Crippen LogP contribution in [0.15, 0.2) is 36.5 Å². The van der Waals surface area contributed by atoms with E-state index in [2.05, 4.69) is 11.1 Å². The topological polar surface area (TPSA) is 22.1 Å². The van der Waals surface area contributed by atoms with Gasteiger partial charge in [0.2, 0.25) is 16.4 Å². The summed E-state index contributed by atoms with van der Waals surface area (Å²) in [4.78, 5) is 4.14. The van der Waals surface area contributed by atoms with Gasteiger partial charge in [-0.15, -0.1) is 0 Å². The van der Waals surface area contributed by atoms with E-state index in [4.69, 9.17) is 4.43 Å². The van der Waals surface area contributed by atoms with Crippen molar-refractivity contribution in [3.8, 4) is 5.88 Å². The largest absolute Gasteiger partial charge is 0.540 e. The van der Waals surface area contributed by atoms with E-state index < -0.39 is 0 Å². The molecule has 12 heavy (non-hydrogen) atoms. The number of aromatic nitrogens is 1. The van der Waals surface area contributed by atoms with E-state index in [-0.39, 0.29) is 0 Å². The molecular weight excluding hydrogens is 166 g/mol. The Bertz CT molecular complexity index is 397. The molecule has 2 rings (SSSR count). The maximum Gasteiger partial charge on any atom is 0.206 e. The molecule has 0 aliphatic carbocycles. The first-order valence-corrected chi connectivity index (χ1v) is 4.61. The number of rotatable bonds is 1. The summed E-state index contributed by atoms with van der Waals surface area (Å²) in [5, 5.41) is 2.27. The molecule has 1 aromatic carbocycles. The maximum atomic E-state index is 5.26. The highest BCUT2D eigenvalue weighted by Gasteiger charge is 1.98. The van der Waals surface area contributed by atoms with Crippen molar-refractivity contribution in [3.63, 3.8) is 0 Å². The van der Waals surface area contributed by atoms with Gasteiger partial charge in [-0.05, 0) is 17.5 Å². The number of hydrogen-bond acceptors (Lipinski definition) is 2. The Kier molecular flexibility index (Phi) is 1.79. The third-order valence-electron chi connectivity index (χ3n) is 1.83. The lowest BCUT2D eigenvalue weighted by Crippen LogP contribution is -1.89. The van der Waals surface area contributed by atoms with E-state index in [0.717, 1.165) is 11.3 Å². The van der Waals surface area contributed by atoms with E-state index in [1.54, 1.807) is 6.20 Å². The lowest BCUT2D eigenvalue weighted by atomic mass is 10.2. The van der Waals surface area contributed by atoms with Gasteiger partial charge >= 0.3 is 0 Å². The Morgan fingerprint density at radius 3 is 2.83 bits per heavy atom. The van der Waals surface area contributed by atoms with Gasteiger partial charge in [0.25, 0.3) is 0 Å². The molecule has 0 amide bonds. The molecule has 1 aromatic heterocycles. The van der Waals surface area contributed by atoms with Crippen molar-refractivity contribution >= 4 is 21.3 Å². The van der Waals surface area contributed by atoms with Gasteiger partial charge in [-0.2, -0.15) is 0 Å². The maximum absolute atomic E-state index is 5.26. The van der Waals surface area contributed by atoms with Crippen LogP contribution in [0.25, 0.3) is 10.8 Å². The number of pyridine rings is 1. The summed E-state index contributed by atoms with van der Waals surface area (Å²) < 4.78 is 5.26. The highest BCUT2D eigenvalue weighted by atomic mass is 28.2. The summed E-state index contributed by atoms with van der Waals surface area (Å²) in [6.45, 7) is 0. The molecule has 2 nitrogen and oxygen atoms in total. The summed E-state index contributed by atoms with van der Waals surface area (Å²) in [6, 6.07) is 10.1. The summed E-state index contributed by atoms with van der Waals surface area (Å²) in [6.07, 6.45) is 1.77. The Morgan fingerprint density at radius 2 is 2.00 bits per heavy atom. The van der Waals surface area contributed by atoms with Crippen molar-refractivity contribution in [1.82, 2.24) is 4.98 Å². The lowest BCUT2D eigenvalue weighted by Gasteiger charge is -2.02. The van der Waals surface area contributed by atoms with Crippen LogP contribution in [0.3, 0.4) is 0 Å². The minimum atomic E-state index is 0.684. The van der Waals surface area contributed by atoms with Crippen molar-refractivity contribution in [3.05, 3.63) is 36.5 Å². The molecule has 1 heterocycles. The molecule has 0 radical (unpaired) electrons. The van der Waals surface area contributed by atoms with E-state index in [0.29, 0.717) is 10.5 Å². The monoisotopic (exact) mass is 175 g/mol. The molecule has 0 saturated heterocycles. The van der Waals surface area contributed by atoms with Gasteiger partial charge in [0, 0.05) is 11.6 Å². The van der Waals surface area contributed by atoms with Crippen LogP contribution >= 0.6 is 0 Å². The average molecular weight is 175 g/mol. The lowest BCUT2D eigenvalue weighted by molar-refractivity contribution is 0.596. The Morgan fingerprint density at radius 1 is 1.17 bits per heavy atom. The van der Waals surface area contributed by atoms with Crippen LogP contribution in [0.4, 0.5) is 0 Å². The van der Waals surface area contributed by atoms with Gasteiger partial charge in [-0.3, -0.25) is 0 Å². The van der Waals surface area contributed by atoms with Gasteiger partial charge in [0.15, 0.2) is 0 Å². The SMILES string of the molecule is [SiH3]Oc1nccc2ccccc12. The summed E-state index contributed by atoms with van der Waals surface area (Å²) in [5.74, 6) is 0.750. The number of nitrogens with zero attached hydrogens (tertiary/aromatic N) is 1. The number of benzene rings is 1. The normalized spacial score (nSPS) is 10.3. The fraction of sp³-hybridized carbons (Fsp3) is 0. The second-order valence-corrected chi connectivity index (χ2v) is 2.95. The molecule has 0 unspecified atom stereocenters. The fourth-order valence-corrected chi connectivity index (χ4v) is 1.58. The summed E-state index contributed by atoms with van der Waals surface area (Å²) in [7, 11) is 0.684. The quantitative estimate of drug-likeness (QED) is 0.601. The van der Waals surface area contributed by atoms with Crippen LogP contribution in [0, 0.1) is 0 Å². The zero-order valence-electron chi connectivity index (χ0n) is 6.82. The van der Waals surface area contributed by atoms with Crippen molar-refractivity contribution in [2.45, 2.75) is 0 Å². The molecule has 0 spiro atoms. The van der Waals surface area contributed by atoms with E-state index >= 15 is 0 Å². The van der Waals surface area contributed by atoms with Gasteiger partial charge in [0.05, 0.1) is 0 Å². The Labute approximate surface area is 73.7 Å². The first-order valence-electron chi connectivity index (χ1n) is 3.79. The smallest absolute Gasteiger partial charge is 0.206 e. The van der Waals surface area contributed by atoms with Gasteiger partial charge in [-0.25, -0.2) is 4.98 Å². The molecule has 0 bridgehead atoms. The molecule has 0 aliphatic heterocycles. The average Bonchev–Trinajstić information content (AvgIpc) is 2.17. The van der Waals surface area contributed by atoms with Crippen LogP contribution in [-0.4, -0.2) is 15.5 Å².